The molecule has 6 nitrogen and oxygen atoms in total. The van der Waals surface area contributed by atoms with E-state index in [0.717, 1.165) is 63.8 Å². The van der Waals surface area contributed by atoms with Crippen molar-refractivity contribution >= 4 is 29.9 Å². The van der Waals surface area contributed by atoms with Crippen LogP contribution >= 0.6 is 24.0 Å². The van der Waals surface area contributed by atoms with Crippen LogP contribution in [-0.2, 0) is 17.7 Å². The molecular weight excluding hydrogens is 491 g/mol. The smallest absolute Gasteiger partial charge is 0.191 e. The zero-order chi connectivity index (χ0) is 20.2. The molecule has 0 saturated carbocycles. The first-order valence-electron chi connectivity index (χ1n) is 10.7. The molecule has 0 unspecified atom stereocenters. The van der Waals surface area contributed by atoms with E-state index in [1.165, 1.54) is 5.56 Å². The van der Waals surface area contributed by atoms with Crippen LogP contribution in [-0.4, -0.2) is 56.3 Å². The second-order valence-corrected chi connectivity index (χ2v) is 7.36. The van der Waals surface area contributed by atoms with Gasteiger partial charge >= 0.3 is 0 Å². The molecule has 0 amide bonds. The van der Waals surface area contributed by atoms with Crippen molar-refractivity contribution in [3.8, 4) is 0 Å². The molecule has 1 aromatic heterocycles. The van der Waals surface area contributed by atoms with E-state index >= 15 is 0 Å². The molecule has 0 spiro atoms. The molecular formula is C23H35IN4O2. The van der Waals surface area contributed by atoms with Crippen LogP contribution in [0.3, 0.4) is 0 Å². The Morgan fingerprint density at radius 2 is 1.97 bits per heavy atom. The number of aliphatic imine (C=N–C) groups is 1. The van der Waals surface area contributed by atoms with Crippen molar-refractivity contribution in [2.24, 2.45) is 4.99 Å². The van der Waals surface area contributed by atoms with E-state index in [-0.39, 0.29) is 24.0 Å². The maximum atomic E-state index is 5.42. The van der Waals surface area contributed by atoms with Gasteiger partial charge in [-0.3, -0.25) is 9.89 Å². The highest BCUT2D eigenvalue weighted by Gasteiger charge is 2.20. The van der Waals surface area contributed by atoms with Crippen molar-refractivity contribution in [2.45, 2.75) is 38.8 Å². The Morgan fingerprint density at radius 1 is 1.17 bits per heavy atom. The van der Waals surface area contributed by atoms with Gasteiger partial charge in [0.1, 0.15) is 5.76 Å². The summed E-state index contributed by atoms with van der Waals surface area (Å²) in [6.45, 7) is 8.08. The molecule has 30 heavy (non-hydrogen) atoms. The predicted octanol–water partition coefficient (Wildman–Crippen LogP) is 3.68. The second-order valence-electron chi connectivity index (χ2n) is 7.36. The van der Waals surface area contributed by atoms with Crippen LogP contribution in [0.15, 0.2) is 58.1 Å². The van der Waals surface area contributed by atoms with Gasteiger partial charge in [-0.15, -0.1) is 24.0 Å². The number of guanidine groups is 1. The van der Waals surface area contributed by atoms with E-state index in [1.807, 2.05) is 19.1 Å². The first-order valence-corrected chi connectivity index (χ1v) is 10.7. The van der Waals surface area contributed by atoms with E-state index in [2.05, 4.69) is 50.9 Å². The molecule has 1 fully saturated rings. The molecule has 1 saturated heterocycles. The van der Waals surface area contributed by atoms with E-state index in [0.29, 0.717) is 19.2 Å². The van der Waals surface area contributed by atoms with E-state index in [1.54, 1.807) is 6.26 Å². The van der Waals surface area contributed by atoms with Crippen molar-refractivity contribution in [3.05, 3.63) is 60.1 Å². The number of hydrogen-bond donors (Lipinski definition) is 2. The van der Waals surface area contributed by atoms with Gasteiger partial charge in [0.25, 0.3) is 0 Å². The number of piperidine rings is 1. The van der Waals surface area contributed by atoms with Gasteiger partial charge in [-0.1, -0.05) is 30.3 Å². The molecule has 2 heterocycles. The number of nitrogens with one attached hydrogen (secondary N) is 2. The molecule has 1 aliphatic rings. The lowest BCUT2D eigenvalue weighted by Gasteiger charge is -2.33. The fourth-order valence-electron chi connectivity index (χ4n) is 3.55. The summed E-state index contributed by atoms with van der Waals surface area (Å²) in [5, 5.41) is 7.07. The minimum Gasteiger partial charge on any atom is -0.469 e. The Bertz CT molecular complexity index is 701. The summed E-state index contributed by atoms with van der Waals surface area (Å²) < 4.78 is 10.8. The third-order valence-corrected chi connectivity index (χ3v) is 5.13. The molecule has 0 atom stereocenters. The normalized spacial score (nSPS) is 15.6. The van der Waals surface area contributed by atoms with Crippen molar-refractivity contribution in [2.75, 3.05) is 39.4 Å². The summed E-state index contributed by atoms with van der Waals surface area (Å²) in [6, 6.07) is 15.1. The van der Waals surface area contributed by atoms with Crippen molar-refractivity contribution in [1.82, 2.24) is 15.5 Å². The van der Waals surface area contributed by atoms with Crippen LogP contribution in [0.5, 0.6) is 0 Å². The molecule has 2 N–H and O–H groups in total. The molecule has 166 valence electrons. The number of benzene rings is 1. The standard InChI is InChI=1S/C23H34N4O2.HI/c1-2-28-18-14-25-23(24-13-10-22-9-6-17-29-22)26-21-11-15-27(16-12-21)19-20-7-4-3-5-8-20;/h3-9,17,21H,2,10-16,18-19H2,1H3,(H2,24,25,26);1H. The van der Waals surface area contributed by atoms with Gasteiger partial charge in [0.15, 0.2) is 5.96 Å². The first-order chi connectivity index (χ1) is 14.3. The van der Waals surface area contributed by atoms with E-state index in [9.17, 15) is 0 Å². The van der Waals surface area contributed by atoms with Gasteiger partial charge in [0.05, 0.1) is 19.4 Å². The summed E-state index contributed by atoms with van der Waals surface area (Å²) in [4.78, 5) is 7.22. The van der Waals surface area contributed by atoms with Crippen LogP contribution in [0.2, 0.25) is 0 Å². The highest BCUT2D eigenvalue weighted by Crippen LogP contribution is 2.13. The maximum Gasteiger partial charge on any atom is 0.191 e. The summed E-state index contributed by atoms with van der Waals surface area (Å²) in [5.74, 6) is 1.86. The average Bonchev–Trinajstić information content (AvgIpc) is 3.27. The zero-order valence-corrected chi connectivity index (χ0v) is 20.2. The third-order valence-electron chi connectivity index (χ3n) is 5.13. The second kappa shape index (κ2) is 14.4. The Labute approximate surface area is 197 Å². The number of furan rings is 1. The van der Waals surface area contributed by atoms with Gasteiger partial charge in [-0.25, -0.2) is 0 Å². The lowest BCUT2D eigenvalue weighted by atomic mass is 10.0. The molecule has 0 bridgehead atoms. The van der Waals surface area contributed by atoms with E-state index < -0.39 is 0 Å². The fourth-order valence-corrected chi connectivity index (χ4v) is 3.55. The SMILES string of the molecule is CCOCCN=C(NCCc1ccco1)NC1CCN(Cc2ccccc2)CC1.I. The molecule has 0 aliphatic carbocycles. The molecule has 3 rings (SSSR count). The van der Waals surface area contributed by atoms with Gasteiger partial charge in [0, 0.05) is 45.2 Å². The molecule has 7 heteroatoms. The molecule has 1 aliphatic heterocycles. The van der Waals surface area contributed by atoms with Crippen LogP contribution in [0.4, 0.5) is 0 Å². The lowest BCUT2D eigenvalue weighted by molar-refractivity contribution is 0.155. The van der Waals surface area contributed by atoms with E-state index in [4.69, 9.17) is 9.15 Å². The highest BCUT2D eigenvalue weighted by atomic mass is 127. The summed E-state index contributed by atoms with van der Waals surface area (Å²) in [5.41, 5.74) is 1.39. The monoisotopic (exact) mass is 526 g/mol. The average molecular weight is 526 g/mol. The number of ether oxygens (including phenoxy) is 1. The fraction of sp³-hybridized carbons (Fsp3) is 0.522. The minimum atomic E-state index is 0. The van der Waals surface area contributed by atoms with Gasteiger partial charge < -0.3 is 19.8 Å². The number of rotatable bonds is 10. The number of hydrogen-bond acceptors (Lipinski definition) is 4. The summed E-state index contributed by atoms with van der Waals surface area (Å²) in [6.07, 6.45) is 4.80. The minimum absolute atomic E-state index is 0. The molecule has 1 aromatic carbocycles. The third kappa shape index (κ3) is 9.06. The number of halogens is 1. The summed E-state index contributed by atoms with van der Waals surface area (Å²) >= 11 is 0. The van der Waals surface area contributed by atoms with Crippen molar-refractivity contribution < 1.29 is 9.15 Å². The van der Waals surface area contributed by atoms with Crippen LogP contribution < -0.4 is 10.6 Å². The Morgan fingerprint density at radius 3 is 2.67 bits per heavy atom. The Balaban J connectivity index is 0.00000320. The van der Waals surface area contributed by atoms with Crippen molar-refractivity contribution in [1.29, 1.82) is 0 Å². The largest absolute Gasteiger partial charge is 0.469 e. The zero-order valence-electron chi connectivity index (χ0n) is 17.9. The molecule has 0 radical (unpaired) electrons. The van der Waals surface area contributed by atoms with Gasteiger partial charge in [0.2, 0.25) is 0 Å². The highest BCUT2D eigenvalue weighted by molar-refractivity contribution is 14.0. The first kappa shape index (κ1) is 24.7. The maximum absolute atomic E-state index is 5.42. The van der Waals surface area contributed by atoms with Crippen molar-refractivity contribution in [3.63, 3.8) is 0 Å². The lowest BCUT2D eigenvalue weighted by Crippen LogP contribution is -2.49. The quantitative estimate of drug-likeness (QED) is 0.214. The topological polar surface area (TPSA) is 62.0 Å². The predicted molar refractivity (Wildman–Crippen MR) is 133 cm³/mol. The number of nitrogens with zero attached hydrogens (tertiary/aromatic N) is 2. The van der Waals surface area contributed by atoms with Crippen LogP contribution in [0.25, 0.3) is 0 Å². The number of likely N-dealkylation sites (tertiary alicyclic amines) is 1. The molecule has 2 aromatic rings. The van der Waals surface area contributed by atoms with Gasteiger partial charge in [-0.2, -0.15) is 0 Å². The van der Waals surface area contributed by atoms with Crippen LogP contribution in [0, 0.1) is 0 Å². The van der Waals surface area contributed by atoms with Gasteiger partial charge in [-0.05, 0) is 37.5 Å². The Kier molecular flexibility index (Phi) is 11.9. The Hall–Kier alpha value is -1.58. The van der Waals surface area contributed by atoms with Crippen LogP contribution in [0.1, 0.15) is 31.1 Å². The summed E-state index contributed by atoms with van der Waals surface area (Å²) in [7, 11) is 0.